The van der Waals surface area contributed by atoms with Crippen LogP contribution in [0.15, 0.2) is 41.8 Å². The van der Waals surface area contributed by atoms with Crippen LogP contribution < -0.4 is 4.74 Å². The molecule has 0 spiro atoms. The van der Waals surface area contributed by atoms with E-state index in [1.807, 2.05) is 23.9 Å². The second kappa shape index (κ2) is 6.23. The average molecular weight is 289 g/mol. The Labute approximate surface area is 126 Å². The number of nitrogens with zero attached hydrogens (tertiary/aromatic N) is 1. The zero-order valence-corrected chi connectivity index (χ0v) is 12.9. The largest absolute Gasteiger partial charge is 0.496 e. The fraction of sp³-hybridized carbons (Fsp3) is 0.529. The van der Waals surface area contributed by atoms with Gasteiger partial charge in [-0.25, -0.2) is 0 Å². The lowest BCUT2D eigenvalue weighted by atomic mass is 9.76. The minimum Gasteiger partial charge on any atom is -0.496 e. The van der Waals surface area contributed by atoms with Gasteiger partial charge < -0.3 is 4.74 Å². The molecule has 3 aliphatic heterocycles. The summed E-state index contributed by atoms with van der Waals surface area (Å²) in [5.74, 6) is 3.75. The molecule has 1 aromatic rings. The molecule has 3 fully saturated rings. The third-order valence-electron chi connectivity index (χ3n) is 4.73. The molecule has 4 atom stereocenters. The maximum absolute atomic E-state index is 5.43. The second-order valence-corrected chi connectivity index (χ2v) is 6.86. The first-order valence-electron chi connectivity index (χ1n) is 7.44. The van der Waals surface area contributed by atoms with E-state index in [0.29, 0.717) is 0 Å². The van der Waals surface area contributed by atoms with Crippen molar-refractivity contribution in [3.8, 4) is 5.75 Å². The molecule has 3 heteroatoms. The zero-order valence-electron chi connectivity index (χ0n) is 12.1. The smallest absolute Gasteiger partial charge is 0.132 e. The van der Waals surface area contributed by atoms with Crippen LogP contribution in [0.3, 0.4) is 0 Å². The first-order valence-corrected chi connectivity index (χ1v) is 8.42. The van der Waals surface area contributed by atoms with Crippen LogP contribution in [0.2, 0.25) is 0 Å². The second-order valence-electron chi connectivity index (χ2n) is 5.79. The summed E-state index contributed by atoms with van der Waals surface area (Å²) in [7, 11) is 1.75. The van der Waals surface area contributed by atoms with Crippen LogP contribution in [0.4, 0.5) is 0 Å². The van der Waals surface area contributed by atoms with Gasteiger partial charge in [0.2, 0.25) is 0 Å². The van der Waals surface area contributed by atoms with Gasteiger partial charge in [0.25, 0.3) is 0 Å². The summed E-state index contributed by atoms with van der Waals surface area (Å²) < 4.78 is 5.43. The molecule has 108 valence electrons. The lowest BCUT2D eigenvalue weighted by molar-refractivity contribution is 0.0299. The Morgan fingerprint density at radius 2 is 2.30 bits per heavy atom. The zero-order chi connectivity index (χ0) is 13.9. The Kier molecular flexibility index (Phi) is 4.37. The first-order chi connectivity index (χ1) is 9.81. The molecule has 1 aromatic carbocycles. The Balaban J connectivity index is 1.61. The summed E-state index contributed by atoms with van der Waals surface area (Å²) in [5.41, 5.74) is 0. The highest BCUT2D eigenvalue weighted by Gasteiger charge is 2.38. The summed E-state index contributed by atoms with van der Waals surface area (Å²) in [6, 6.07) is 9.05. The van der Waals surface area contributed by atoms with Crippen molar-refractivity contribution in [3.63, 3.8) is 0 Å². The van der Waals surface area contributed by atoms with Gasteiger partial charge >= 0.3 is 0 Å². The first kappa shape index (κ1) is 14.0. The average Bonchev–Trinajstić information content (AvgIpc) is 2.53. The number of thioether (sulfide) groups is 1. The minimum atomic E-state index is 0.719. The van der Waals surface area contributed by atoms with E-state index in [0.717, 1.165) is 23.6 Å². The third-order valence-corrected chi connectivity index (χ3v) is 5.93. The molecule has 0 radical (unpaired) electrons. The molecule has 0 aromatic heterocycles. The summed E-state index contributed by atoms with van der Waals surface area (Å²) in [6.45, 7) is 6.48. The standard InChI is InChI=1S/C17H23NOS/c1-3-13-11-18-9-8-14(13)10-15(18)12-20-17-7-5-4-6-16(17)19-2/h3-7,13-15H,1,8-12H2,2H3/t13-,14-,15+/m0/s1. The molecule has 0 amide bonds. The van der Waals surface area contributed by atoms with Crippen LogP contribution in [0, 0.1) is 11.8 Å². The van der Waals surface area contributed by atoms with Crippen LogP contribution in [0.5, 0.6) is 5.75 Å². The highest BCUT2D eigenvalue weighted by molar-refractivity contribution is 7.99. The van der Waals surface area contributed by atoms with E-state index in [-0.39, 0.29) is 0 Å². The van der Waals surface area contributed by atoms with Crippen LogP contribution >= 0.6 is 11.8 Å². The molecule has 2 bridgehead atoms. The molecular weight excluding hydrogens is 266 g/mol. The third kappa shape index (κ3) is 2.75. The van der Waals surface area contributed by atoms with Gasteiger partial charge in [0.05, 0.1) is 7.11 Å². The Morgan fingerprint density at radius 3 is 3.00 bits per heavy atom. The fourth-order valence-corrected chi connectivity index (χ4v) is 4.73. The van der Waals surface area contributed by atoms with Crippen molar-refractivity contribution in [1.82, 2.24) is 4.90 Å². The minimum absolute atomic E-state index is 0.719. The molecule has 1 unspecified atom stereocenters. The number of hydrogen-bond acceptors (Lipinski definition) is 3. The van der Waals surface area contributed by atoms with Crippen molar-refractivity contribution in [2.45, 2.75) is 23.8 Å². The predicted octanol–water partition coefficient (Wildman–Crippen LogP) is 3.68. The van der Waals surface area contributed by atoms with Gasteiger partial charge in [0.1, 0.15) is 5.75 Å². The SMILES string of the molecule is C=C[C@H]1CN2CC[C@H]1C[C@@H]2CSc1ccccc1OC. The van der Waals surface area contributed by atoms with Crippen LogP contribution in [0.1, 0.15) is 12.8 Å². The summed E-state index contributed by atoms with van der Waals surface area (Å²) in [5, 5.41) is 0. The lowest BCUT2D eigenvalue weighted by Gasteiger charge is -2.49. The topological polar surface area (TPSA) is 12.5 Å². The van der Waals surface area contributed by atoms with Crippen molar-refractivity contribution in [3.05, 3.63) is 36.9 Å². The number of hydrogen-bond donors (Lipinski definition) is 0. The number of para-hydroxylation sites is 1. The predicted molar refractivity (Wildman–Crippen MR) is 85.5 cm³/mol. The van der Waals surface area contributed by atoms with Crippen molar-refractivity contribution >= 4 is 11.8 Å². The van der Waals surface area contributed by atoms with E-state index in [1.165, 1.54) is 36.6 Å². The van der Waals surface area contributed by atoms with Gasteiger partial charge in [0.15, 0.2) is 0 Å². The number of rotatable bonds is 5. The number of methoxy groups -OCH3 is 1. The fourth-order valence-electron chi connectivity index (χ4n) is 3.54. The van der Waals surface area contributed by atoms with Crippen LogP contribution in [-0.4, -0.2) is 36.9 Å². The van der Waals surface area contributed by atoms with Crippen LogP contribution in [-0.2, 0) is 0 Å². The normalized spacial score (nSPS) is 32.0. The van der Waals surface area contributed by atoms with Gasteiger partial charge in [-0.05, 0) is 43.4 Å². The molecule has 2 nitrogen and oxygen atoms in total. The van der Waals surface area contributed by atoms with E-state index in [4.69, 9.17) is 4.74 Å². The molecule has 3 heterocycles. The Bertz CT molecular complexity index is 476. The highest BCUT2D eigenvalue weighted by Crippen LogP contribution is 2.39. The molecule has 4 rings (SSSR count). The molecular formula is C17H23NOS. The van der Waals surface area contributed by atoms with E-state index < -0.39 is 0 Å². The lowest BCUT2D eigenvalue weighted by Crippen LogP contribution is -2.53. The number of benzene rings is 1. The van der Waals surface area contributed by atoms with E-state index in [2.05, 4.69) is 29.7 Å². The van der Waals surface area contributed by atoms with E-state index in [9.17, 15) is 0 Å². The molecule has 3 aliphatic rings. The van der Waals surface area contributed by atoms with Crippen molar-refractivity contribution in [2.24, 2.45) is 11.8 Å². The number of fused-ring (bicyclic) bond motifs is 3. The van der Waals surface area contributed by atoms with Crippen molar-refractivity contribution < 1.29 is 4.74 Å². The van der Waals surface area contributed by atoms with Gasteiger partial charge in [-0.3, -0.25) is 4.90 Å². The van der Waals surface area contributed by atoms with E-state index >= 15 is 0 Å². The van der Waals surface area contributed by atoms with Crippen molar-refractivity contribution in [2.75, 3.05) is 26.0 Å². The van der Waals surface area contributed by atoms with Crippen molar-refractivity contribution in [1.29, 1.82) is 0 Å². The molecule has 0 saturated carbocycles. The van der Waals surface area contributed by atoms with E-state index in [1.54, 1.807) is 7.11 Å². The number of piperidine rings is 3. The maximum Gasteiger partial charge on any atom is 0.132 e. The van der Waals surface area contributed by atoms with Gasteiger partial charge in [-0.1, -0.05) is 18.2 Å². The Morgan fingerprint density at radius 1 is 1.45 bits per heavy atom. The number of ether oxygens (including phenoxy) is 1. The monoisotopic (exact) mass is 289 g/mol. The quantitative estimate of drug-likeness (QED) is 0.606. The molecule has 0 aliphatic carbocycles. The van der Waals surface area contributed by atoms with Gasteiger partial charge in [-0.15, -0.1) is 18.3 Å². The molecule has 20 heavy (non-hydrogen) atoms. The van der Waals surface area contributed by atoms with Gasteiger partial charge in [-0.2, -0.15) is 0 Å². The molecule has 3 saturated heterocycles. The maximum atomic E-state index is 5.43. The Hall–Kier alpha value is -0.930. The summed E-state index contributed by atoms with van der Waals surface area (Å²) in [4.78, 5) is 3.92. The molecule has 0 N–H and O–H groups in total. The van der Waals surface area contributed by atoms with Gasteiger partial charge in [0, 0.05) is 23.2 Å². The van der Waals surface area contributed by atoms with Crippen LogP contribution in [0.25, 0.3) is 0 Å². The summed E-state index contributed by atoms with van der Waals surface area (Å²) in [6.07, 6.45) is 4.85. The highest BCUT2D eigenvalue weighted by atomic mass is 32.2. The summed E-state index contributed by atoms with van der Waals surface area (Å²) >= 11 is 1.93.